The Bertz CT molecular complexity index is 2780. The molecule has 2 aliphatic heterocycles. The van der Waals surface area contributed by atoms with Crippen molar-refractivity contribution in [2.75, 3.05) is 9.62 Å². The van der Waals surface area contributed by atoms with Crippen molar-refractivity contribution in [2.24, 2.45) is 0 Å². The molecule has 8 aromatic rings. The molecule has 2 aliphatic rings. The van der Waals surface area contributed by atoms with Gasteiger partial charge in [-0.2, -0.15) is 0 Å². The second-order valence-electron chi connectivity index (χ2n) is 17.8. The lowest BCUT2D eigenvalue weighted by Gasteiger charge is -2.48. The largest absolute Gasteiger partial charge is 0.421 e. The van der Waals surface area contributed by atoms with E-state index >= 15 is 0 Å². The van der Waals surface area contributed by atoms with Crippen molar-refractivity contribution in [2.45, 2.75) is 52.4 Å². The molecule has 7 aromatic carbocycles. The monoisotopic (exact) mass is 763 g/mol. The van der Waals surface area contributed by atoms with Crippen LogP contribution in [0.25, 0.3) is 56.4 Å². The molecule has 286 valence electrons. The van der Waals surface area contributed by atoms with E-state index in [4.69, 9.17) is 15.0 Å². The summed E-state index contributed by atoms with van der Waals surface area (Å²) in [6.45, 7) is 13.5. The van der Waals surface area contributed by atoms with E-state index in [1.807, 2.05) is 36.4 Å². The molecule has 5 nitrogen and oxygen atoms in total. The molecule has 0 bridgehead atoms. The molecule has 0 spiro atoms. The van der Waals surface area contributed by atoms with E-state index in [1.165, 1.54) is 39.0 Å². The van der Waals surface area contributed by atoms with Crippen LogP contribution in [-0.4, -0.2) is 21.9 Å². The standard InChI is InChI=1S/C53H46BN5/c1-52(2,3)38-25-29-40(30-26-38)58-46-23-14-13-20-42(46)43-21-15-22-44-45-34-37(24-33-47(45)59(54(58)48(43)44)41-31-27-39(28-32-41)53(4,5)6)51-56-49(35-16-9-7-10-17-35)55-50(57-51)36-18-11-8-12-19-36/h7-34H,1-6H3. The van der Waals surface area contributed by atoms with E-state index < -0.39 is 0 Å². The van der Waals surface area contributed by atoms with E-state index in [2.05, 4.69) is 185 Å². The molecule has 0 N–H and O–H groups in total. The molecule has 6 heteroatoms. The smallest absolute Gasteiger partial charge is 0.361 e. The van der Waals surface area contributed by atoms with E-state index in [1.54, 1.807) is 0 Å². The van der Waals surface area contributed by atoms with Crippen molar-refractivity contribution in [3.63, 3.8) is 0 Å². The van der Waals surface area contributed by atoms with E-state index in [9.17, 15) is 0 Å². The zero-order valence-electron chi connectivity index (χ0n) is 34.5. The van der Waals surface area contributed by atoms with Crippen molar-refractivity contribution >= 4 is 35.2 Å². The first-order valence-corrected chi connectivity index (χ1v) is 20.6. The van der Waals surface area contributed by atoms with Crippen LogP contribution in [0, 0.1) is 0 Å². The van der Waals surface area contributed by atoms with Gasteiger partial charge in [-0.3, -0.25) is 0 Å². The van der Waals surface area contributed by atoms with Crippen molar-refractivity contribution in [3.8, 4) is 56.4 Å². The molecule has 0 saturated heterocycles. The number of benzene rings is 7. The summed E-state index contributed by atoms with van der Waals surface area (Å²) < 4.78 is 0. The highest BCUT2D eigenvalue weighted by atomic mass is 15.2. The van der Waals surface area contributed by atoms with Crippen LogP contribution >= 0.6 is 0 Å². The van der Waals surface area contributed by atoms with Crippen molar-refractivity contribution in [1.82, 2.24) is 15.0 Å². The average molecular weight is 764 g/mol. The van der Waals surface area contributed by atoms with Crippen LogP contribution in [0.15, 0.2) is 170 Å². The predicted octanol–water partition coefficient (Wildman–Crippen LogP) is 12.8. The normalized spacial score (nSPS) is 13.2. The Morgan fingerprint density at radius 3 is 1.31 bits per heavy atom. The van der Waals surface area contributed by atoms with Gasteiger partial charge >= 0.3 is 6.98 Å². The molecule has 10 rings (SSSR count). The lowest BCUT2D eigenvalue weighted by Crippen LogP contribution is -2.61. The van der Waals surface area contributed by atoms with Gasteiger partial charge in [-0.05, 0) is 87.1 Å². The van der Waals surface area contributed by atoms with Crippen molar-refractivity contribution in [1.29, 1.82) is 0 Å². The number of rotatable bonds is 5. The van der Waals surface area contributed by atoms with E-state index in [-0.39, 0.29) is 17.8 Å². The summed E-state index contributed by atoms with van der Waals surface area (Å²) in [5, 5.41) is 0. The fraction of sp³-hybridized carbons (Fsp3) is 0.151. The van der Waals surface area contributed by atoms with Crippen molar-refractivity contribution in [3.05, 3.63) is 181 Å². The maximum absolute atomic E-state index is 5.14. The van der Waals surface area contributed by atoms with Gasteiger partial charge in [-0.25, -0.2) is 15.0 Å². The first-order chi connectivity index (χ1) is 28.5. The van der Waals surface area contributed by atoms with Gasteiger partial charge in [0, 0.05) is 50.6 Å². The number of hydrogen-bond acceptors (Lipinski definition) is 5. The van der Waals surface area contributed by atoms with Crippen LogP contribution in [-0.2, 0) is 10.8 Å². The van der Waals surface area contributed by atoms with Crippen LogP contribution in [0.5, 0.6) is 0 Å². The van der Waals surface area contributed by atoms with Gasteiger partial charge in [0.05, 0.1) is 0 Å². The van der Waals surface area contributed by atoms with Gasteiger partial charge in [0.1, 0.15) is 0 Å². The highest BCUT2D eigenvalue weighted by molar-refractivity contribution is 6.86. The van der Waals surface area contributed by atoms with Crippen LogP contribution in [0.3, 0.4) is 0 Å². The Balaban J connectivity index is 1.22. The first-order valence-electron chi connectivity index (χ1n) is 20.6. The average Bonchev–Trinajstić information content (AvgIpc) is 3.26. The number of para-hydroxylation sites is 1. The van der Waals surface area contributed by atoms with Gasteiger partial charge in [0.15, 0.2) is 17.5 Å². The molecular formula is C53H46BN5. The molecule has 0 unspecified atom stereocenters. The quantitative estimate of drug-likeness (QED) is 0.163. The maximum Gasteiger partial charge on any atom is 0.421 e. The van der Waals surface area contributed by atoms with E-state index in [0.717, 1.165) is 39.3 Å². The minimum absolute atomic E-state index is 0.0272. The number of aromatic nitrogens is 3. The SMILES string of the molecule is CC(C)(C)c1ccc(N2B3c4c(cccc4-c4cc(-c5nc(-c6ccccc6)nc(-c6ccccc6)n5)ccc4N3c3ccc(C(C)(C)C)cc3)-c3ccccc32)cc1. The molecule has 0 saturated carbocycles. The van der Waals surface area contributed by atoms with Crippen molar-refractivity contribution < 1.29 is 0 Å². The molecular weight excluding hydrogens is 717 g/mol. The Kier molecular flexibility index (Phi) is 8.64. The number of hydrogen-bond donors (Lipinski definition) is 0. The van der Waals surface area contributed by atoms with Crippen LogP contribution < -0.4 is 15.1 Å². The summed E-state index contributed by atoms with van der Waals surface area (Å²) in [6, 6.07) is 61.2. The topological polar surface area (TPSA) is 45.2 Å². The minimum Gasteiger partial charge on any atom is -0.361 e. The van der Waals surface area contributed by atoms with Gasteiger partial charge in [-0.1, -0.05) is 163 Å². The molecule has 59 heavy (non-hydrogen) atoms. The van der Waals surface area contributed by atoms with E-state index in [0.29, 0.717) is 17.5 Å². The second kappa shape index (κ2) is 14.0. The molecule has 0 atom stereocenters. The van der Waals surface area contributed by atoms with Crippen LogP contribution in [0.2, 0.25) is 0 Å². The molecule has 0 amide bonds. The second-order valence-corrected chi connectivity index (χ2v) is 17.8. The Morgan fingerprint density at radius 1 is 0.373 bits per heavy atom. The molecule has 0 radical (unpaired) electrons. The number of fused-ring (bicyclic) bond motifs is 4. The lowest BCUT2D eigenvalue weighted by molar-refractivity contribution is 0.590. The Hall–Kier alpha value is -6.79. The first kappa shape index (κ1) is 36.5. The summed E-state index contributed by atoms with van der Waals surface area (Å²) in [6.07, 6.45) is 0. The molecule has 1 aromatic heterocycles. The van der Waals surface area contributed by atoms with Crippen LogP contribution in [0.1, 0.15) is 52.7 Å². The third-order valence-corrected chi connectivity index (χ3v) is 11.8. The lowest BCUT2D eigenvalue weighted by atomic mass is 9.53. The summed E-state index contributed by atoms with van der Waals surface area (Å²) >= 11 is 0. The molecule has 0 fully saturated rings. The summed E-state index contributed by atoms with van der Waals surface area (Å²) in [7, 11) is 0. The minimum atomic E-state index is -0.165. The Morgan fingerprint density at radius 2 is 0.797 bits per heavy atom. The molecule has 0 aliphatic carbocycles. The highest BCUT2D eigenvalue weighted by Crippen LogP contribution is 2.50. The number of nitrogens with zero attached hydrogens (tertiary/aromatic N) is 5. The van der Waals surface area contributed by atoms with Gasteiger partial charge in [0.2, 0.25) is 0 Å². The predicted molar refractivity (Wildman–Crippen MR) is 247 cm³/mol. The summed E-state index contributed by atoms with van der Waals surface area (Å²) in [4.78, 5) is 20.3. The summed E-state index contributed by atoms with van der Waals surface area (Å²) in [5.41, 5.74) is 16.2. The fourth-order valence-corrected chi connectivity index (χ4v) is 8.70. The Labute approximate surface area is 348 Å². The summed E-state index contributed by atoms with van der Waals surface area (Å²) in [5.74, 6) is 1.93. The van der Waals surface area contributed by atoms with Gasteiger partial charge in [0.25, 0.3) is 0 Å². The van der Waals surface area contributed by atoms with Gasteiger partial charge < -0.3 is 9.62 Å². The van der Waals surface area contributed by atoms with Crippen LogP contribution in [0.4, 0.5) is 22.7 Å². The maximum atomic E-state index is 5.14. The third-order valence-electron chi connectivity index (χ3n) is 11.8. The van der Waals surface area contributed by atoms with Gasteiger partial charge in [-0.15, -0.1) is 0 Å². The highest BCUT2D eigenvalue weighted by Gasteiger charge is 2.47. The fourth-order valence-electron chi connectivity index (χ4n) is 8.70. The third kappa shape index (κ3) is 6.40. The number of anilines is 4. The zero-order valence-corrected chi connectivity index (χ0v) is 34.5. The molecule has 3 heterocycles. The zero-order chi connectivity index (χ0) is 40.5.